The molecule has 4 aliphatic rings. The molecule has 4 saturated heterocycles. The number of benzene rings is 2. The Morgan fingerprint density at radius 1 is 0.967 bits per heavy atom. The number of nitrogens with one attached hydrogen (secondary N) is 1. The number of urea groups is 1. The summed E-state index contributed by atoms with van der Waals surface area (Å²) >= 11 is 0. The van der Waals surface area contributed by atoms with E-state index in [4.69, 9.17) is 24.9 Å². The van der Waals surface area contributed by atoms with E-state index in [1.54, 1.807) is 24.4 Å². The van der Waals surface area contributed by atoms with Gasteiger partial charge in [0.25, 0.3) is 5.91 Å². The molecule has 0 bridgehead atoms. The summed E-state index contributed by atoms with van der Waals surface area (Å²) in [5.74, 6) is 0.130. The Kier molecular flexibility index (Phi) is 11.0. The highest BCUT2D eigenvalue weighted by Gasteiger charge is 2.35. The van der Waals surface area contributed by atoms with Gasteiger partial charge in [0.15, 0.2) is 12.1 Å². The van der Waals surface area contributed by atoms with Crippen LogP contribution in [0.5, 0.6) is 5.75 Å². The highest BCUT2D eigenvalue weighted by molar-refractivity contribution is 6.06. The number of carbonyl (C=O) groups excluding carboxylic acids is 3. The number of fused-ring (bicyclic) bond motifs is 1. The monoisotopic (exact) mass is 830 g/mol. The summed E-state index contributed by atoms with van der Waals surface area (Å²) in [4.78, 5) is 50.3. The largest absolute Gasteiger partial charge is 0.507 e. The summed E-state index contributed by atoms with van der Waals surface area (Å²) in [6, 6.07) is 18.0. The van der Waals surface area contributed by atoms with E-state index in [9.17, 15) is 19.5 Å². The zero-order chi connectivity index (χ0) is 42.4. The summed E-state index contributed by atoms with van der Waals surface area (Å²) in [6.45, 7) is 11.1. The summed E-state index contributed by atoms with van der Waals surface area (Å²) in [5.41, 5.74) is 12.2. The number of nitrogens with two attached hydrogens (primary N) is 1. The van der Waals surface area contributed by atoms with Gasteiger partial charge in [-0.3, -0.25) is 24.7 Å². The number of nitrogen functional groups attached to an aromatic ring is 1. The molecule has 9 rings (SSSR count). The molecule has 4 amide bonds. The van der Waals surface area contributed by atoms with Crippen molar-refractivity contribution in [1.82, 2.24) is 34.9 Å². The van der Waals surface area contributed by atoms with Crippen LogP contribution < -0.4 is 20.9 Å². The molecule has 17 heteroatoms. The number of pyridine rings is 1. The van der Waals surface area contributed by atoms with Gasteiger partial charge in [-0.1, -0.05) is 24.3 Å². The maximum Gasteiger partial charge on any atom is 0.328 e. The second kappa shape index (κ2) is 16.7. The molecule has 7 heterocycles. The van der Waals surface area contributed by atoms with Gasteiger partial charge in [0.1, 0.15) is 17.5 Å². The minimum absolute atomic E-state index is 0.0101. The van der Waals surface area contributed by atoms with Crippen LogP contribution in [0.15, 0.2) is 73.1 Å². The number of phenols is 1. The van der Waals surface area contributed by atoms with Crippen LogP contribution in [0, 0.1) is 6.92 Å². The number of hydrogen-bond acceptors (Lipinski definition) is 13. The van der Waals surface area contributed by atoms with Crippen molar-refractivity contribution < 1.29 is 33.7 Å². The van der Waals surface area contributed by atoms with Crippen LogP contribution in [-0.2, 0) is 19.0 Å². The number of phenolic OH excluding ortho intramolecular Hbond substituents is 1. The van der Waals surface area contributed by atoms with Gasteiger partial charge in [0, 0.05) is 74.9 Å². The van der Waals surface area contributed by atoms with Crippen LogP contribution in [0.1, 0.15) is 53.9 Å². The third kappa shape index (κ3) is 8.08. The number of amides is 4. The Bertz CT molecular complexity index is 2450. The highest BCUT2D eigenvalue weighted by atomic mass is 16.7. The SMILES string of the molecule is Cc1cn(C2COC(CN3CCN(C(=O)c4ccc([C@@H]5CN(c6cc(-c7ccccc7O)nnc6N)[C@H](C)[C@H](C)O5)cc4)CC3)OC2)c2ncc(N3CCC(=O)NC3=O)cc12. The molecule has 0 aliphatic carbocycles. The lowest BCUT2D eigenvalue weighted by Gasteiger charge is -2.43. The average molecular weight is 831 g/mol. The van der Waals surface area contributed by atoms with E-state index in [-0.39, 0.29) is 54.6 Å². The van der Waals surface area contributed by atoms with E-state index in [0.29, 0.717) is 87.4 Å². The maximum atomic E-state index is 13.7. The molecule has 0 saturated carbocycles. The highest BCUT2D eigenvalue weighted by Crippen LogP contribution is 2.37. The van der Waals surface area contributed by atoms with Gasteiger partial charge < -0.3 is 39.4 Å². The third-order valence-electron chi connectivity index (χ3n) is 12.4. The van der Waals surface area contributed by atoms with Gasteiger partial charge in [-0.2, -0.15) is 0 Å². The van der Waals surface area contributed by atoms with E-state index < -0.39 is 6.03 Å². The number of aromatic nitrogens is 4. The first-order valence-electron chi connectivity index (χ1n) is 20.8. The lowest BCUT2D eigenvalue weighted by atomic mass is 10.0. The number of nitrogens with zero attached hydrogens (tertiary/aromatic N) is 8. The fraction of sp³-hybridized carbons (Fsp3) is 0.409. The molecule has 4 aliphatic heterocycles. The first-order chi connectivity index (χ1) is 29.5. The number of imide groups is 1. The van der Waals surface area contributed by atoms with Crippen molar-refractivity contribution in [2.45, 2.75) is 57.8 Å². The number of anilines is 3. The first kappa shape index (κ1) is 40.3. The Hall–Kier alpha value is -6.14. The van der Waals surface area contributed by atoms with Crippen LogP contribution in [0.2, 0.25) is 0 Å². The molecule has 17 nitrogen and oxygen atoms in total. The lowest BCUT2D eigenvalue weighted by Crippen LogP contribution is -2.51. The number of para-hydroxylation sites is 1. The lowest BCUT2D eigenvalue weighted by molar-refractivity contribution is -0.204. The minimum Gasteiger partial charge on any atom is -0.507 e. The topological polar surface area (TPSA) is 194 Å². The van der Waals surface area contributed by atoms with Crippen LogP contribution in [0.3, 0.4) is 0 Å². The molecule has 0 radical (unpaired) electrons. The summed E-state index contributed by atoms with van der Waals surface area (Å²) in [5, 5.41) is 22.2. The Labute approximate surface area is 353 Å². The standard InChI is InChI=1S/C44H50N10O7/c1-26-21-54(42-34(26)18-31(20-46-42)52-13-12-39(56)47-44(52)58)32-24-59-40(60-25-32)23-50-14-16-51(17-15-50)43(57)30-10-8-29(9-11-30)38-22-53(27(2)28(3)61-38)36-19-35(48-49-41(36)45)33-6-4-5-7-37(33)55/h4-11,18-21,27-28,32,38,40,55H,12-17,22-25H2,1-3H3,(H2,45,49)(H,47,56,58)/t27-,28+,32?,38+,40?/m1/s1. The predicted octanol–water partition coefficient (Wildman–Crippen LogP) is 4.26. The number of hydrogen-bond donors (Lipinski definition) is 3. The Morgan fingerprint density at radius 2 is 1.72 bits per heavy atom. The smallest absolute Gasteiger partial charge is 0.328 e. The van der Waals surface area contributed by atoms with Gasteiger partial charge in [0.2, 0.25) is 5.91 Å². The molecule has 5 aromatic rings. The summed E-state index contributed by atoms with van der Waals surface area (Å²) in [7, 11) is 0. The number of aromatic hydroxyl groups is 1. The molecule has 318 valence electrons. The van der Waals surface area contributed by atoms with Crippen molar-refractivity contribution in [3.63, 3.8) is 0 Å². The fourth-order valence-corrected chi connectivity index (χ4v) is 8.64. The van der Waals surface area contributed by atoms with Crippen molar-refractivity contribution in [1.29, 1.82) is 0 Å². The number of ether oxygens (including phenoxy) is 3. The normalized spacial score (nSPS) is 24.0. The molecule has 4 N–H and O–H groups in total. The van der Waals surface area contributed by atoms with Gasteiger partial charge in [-0.05, 0) is 68.3 Å². The number of morpholine rings is 1. The van der Waals surface area contributed by atoms with Crippen LogP contribution in [0.25, 0.3) is 22.3 Å². The number of carbonyl (C=O) groups is 3. The van der Waals surface area contributed by atoms with Crippen molar-refractivity contribution in [2.24, 2.45) is 0 Å². The number of aryl methyl sites for hydroxylation is 1. The van der Waals surface area contributed by atoms with Crippen molar-refractivity contribution >= 4 is 46.1 Å². The number of piperazine rings is 1. The zero-order valence-electron chi connectivity index (χ0n) is 34.4. The van der Waals surface area contributed by atoms with Crippen LogP contribution in [-0.4, -0.2) is 130 Å². The second-order valence-electron chi connectivity index (χ2n) is 16.2. The van der Waals surface area contributed by atoms with E-state index in [0.717, 1.165) is 27.8 Å². The molecule has 2 aromatic carbocycles. The zero-order valence-corrected chi connectivity index (χ0v) is 34.4. The van der Waals surface area contributed by atoms with E-state index in [2.05, 4.69) is 36.8 Å². The van der Waals surface area contributed by atoms with Crippen molar-refractivity contribution in [2.75, 3.05) is 74.6 Å². The Balaban J connectivity index is 0.770. The predicted molar refractivity (Wildman–Crippen MR) is 227 cm³/mol. The molecule has 3 atom stereocenters. The summed E-state index contributed by atoms with van der Waals surface area (Å²) < 4.78 is 21.0. The van der Waals surface area contributed by atoms with E-state index in [1.165, 1.54) is 4.90 Å². The minimum atomic E-state index is -0.438. The fourth-order valence-electron chi connectivity index (χ4n) is 8.64. The van der Waals surface area contributed by atoms with Crippen LogP contribution >= 0.6 is 0 Å². The van der Waals surface area contributed by atoms with E-state index in [1.807, 2.05) is 67.4 Å². The van der Waals surface area contributed by atoms with E-state index >= 15 is 0 Å². The van der Waals surface area contributed by atoms with Gasteiger partial charge in [-0.25, -0.2) is 9.78 Å². The second-order valence-corrected chi connectivity index (χ2v) is 16.2. The maximum absolute atomic E-state index is 13.7. The third-order valence-corrected chi connectivity index (χ3v) is 12.4. The first-order valence-corrected chi connectivity index (χ1v) is 20.8. The average Bonchev–Trinajstić information content (AvgIpc) is 3.60. The molecular formula is C44H50N10O7. The van der Waals surface area contributed by atoms with Gasteiger partial charge >= 0.3 is 6.03 Å². The molecule has 61 heavy (non-hydrogen) atoms. The van der Waals surface area contributed by atoms with Crippen LogP contribution in [0.4, 0.5) is 22.0 Å². The van der Waals surface area contributed by atoms with Crippen molar-refractivity contribution in [3.8, 4) is 17.0 Å². The number of rotatable bonds is 8. The van der Waals surface area contributed by atoms with Crippen molar-refractivity contribution in [3.05, 3.63) is 89.7 Å². The molecule has 0 unspecified atom stereocenters. The van der Waals surface area contributed by atoms with Gasteiger partial charge in [-0.15, -0.1) is 10.2 Å². The summed E-state index contributed by atoms with van der Waals surface area (Å²) in [6.07, 6.45) is 3.15. The molecular weight excluding hydrogens is 781 g/mol. The molecule has 4 fully saturated rings. The molecule has 0 spiro atoms. The Morgan fingerprint density at radius 3 is 2.46 bits per heavy atom. The quantitative estimate of drug-likeness (QED) is 0.201. The van der Waals surface area contributed by atoms with Gasteiger partial charge in [0.05, 0.1) is 54.7 Å². The molecule has 3 aromatic heterocycles.